The molecule has 1 fully saturated rings. The fraction of sp³-hybridized carbons (Fsp3) is 0.571. The first-order valence-corrected chi connectivity index (χ1v) is 9.54. The van der Waals surface area contributed by atoms with Crippen LogP contribution in [0.15, 0.2) is 42.0 Å². The third kappa shape index (κ3) is 7.81. The second kappa shape index (κ2) is 11.9. The second-order valence-corrected chi connectivity index (χ2v) is 6.78. The summed E-state index contributed by atoms with van der Waals surface area (Å²) in [6.07, 6.45) is 4.14. The third-order valence-corrected chi connectivity index (χ3v) is 4.56. The van der Waals surface area contributed by atoms with Gasteiger partial charge < -0.3 is 24.4 Å². The SMILES string of the molecule is C/C(=C\COC1CCCCO1)CC[C@H](OC(=O)c1ccccc1)[C@H](O)CO. The zero-order chi connectivity index (χ0) is 19.5. The molecule has 6 heteroatoms. The van der Waals surface area contributed by atoms with Gasteiger partial charge in [-0.25, -0.2) is 4.79 Å². The number of benzene rings is 1. The lowest BCUT2D eigenvalue weighted by Gasteiger charge is -2.23. The number of ether oxygens (including phenoxy) is 3. The highest BCUT2D eigenvalue weighted by Gasteiger charge is 2.23. The first-order valence-electron chi connectivity index (χ1n) is 9.54. The Morgan fingerprint density at radius 3 is 2.78 bits per heavy atom. The standard InChI is InChI=1S/C21H30O6/c1-16(12-14-26-20-9-5-6-13-25-20)10-11-19(18(23)15-22)27-21(24)17-7-3-2-4-8-17/h2-4,7-8,12,18-20,22-23H,5-6,9-11,13-15H2,1H3/b16-12+/t18-,19+,20?/m1/s1. The number of aliphatic hydroxyl groups is 2. The van der Waals surface area contributed by atoms with E-state index in [0.717, 1.165) is 31.4 Å². The van der Waals surface area contributed by atoms with E-state index in [1.807, 2.05) is 19.1 Å². The van der Waals surface area contributed by atoms with E-state index in [2.05, 4.69) is 0 Å². The summed E-state index contributed by atoms with van der Waals surface area (Å²) in [6.45, 7) is 2.72. The van der Waals surface area contributed by atoms with Gasteiger partial charge in [-0.1, -0.05) is 29.8 Å². The van der Waals surface area contributed by atoms with Gasteiger partial charge in [0, 0.05) is 6.61 Å². The molecule has 0 saturated carbocycles. The number of aliphatic hydroxyl groups excluding tert-OH is 2. The van der Waals surface area contributed by atoms with Crippen LogP contribution in [0.25, 0.3) is 0 Å². The molecule has 150 valence electrons. The van der Waals surface area contributed by atoms with Crippen LogP contribution in [0.2, 0.25) is 0 Å². The molecule has 0 aliphatic carbocycles. The molecular formula is C21H30O6. The van der Waals surface area contributed by atoms with Gasteiger partial charge in [-0.2, -0.15) is 0 Å². The molecule has 0 bridgehead atoms. The Balaban J connectivity index is 1.80. The molecule has 1 unspecified atom stereocenters. The molecule has 0 amide bonds. The fourth-order valence-electron chi connectivity index (χ4n) is 2.84. The van der Waals surface area contributed by atoms with Crippen LogP contribution in [0.4, 0.5) is 0 Å². The van der Waals surface area contributed by atoms with E-state index in [0.29, 0.717) is 25.0 Å². The van der Waals surface area contributed by atoms with Crippen molar-refractivity contribution in [3.8, 4) is 0 Å². The van der Waals surface area contributed by atoms with E-state index in [1.54, 1.807) is 24.3 Å². The predicted molar refractivity (Wildman–Crippen MR) is 101 cm³/mol. The van der Waals surface area contributed by atoms with E-state index in [4.69, 9.17) is 14.2 Å². The number of hydrogen-bond donors (Lipinski definition) is 2. The Bertz CT molecular complexity index is 580. The van der Waals surface area contributed by atoms with Gasteiger partial charge in [0.2, 0.25) is 0 Å². The third-order valence-electron chi connectivity index (χ3n) is 4.56. The van der Waals surface area contributed by atoms with Gasteiger partial charge in [0.1, 0.15) is 12.2 Å². The molecule has 6 nitrogen and oxygen atoms in total. The van der Waals surface area contributed by atoms with Crippen LogP contribution in [0, 0.1) is 0 Å². The summed E-state index contributed by atoms with van der Waals surface area (Å²) in [4.78, 5) is 12.2. The van der Waals surface area contributed by atoms with E-state index in [-0.39, 0.29) is 6.29 Å². The summed E-state index contributed by atoms with van der Waals surface area (Å²) < 4.78 is 16.6. The molecule has 0 spiro atoms. The highest BCUT2D eigenvalue weighted by molar-refractivity contribution is 5.89. The number of esters is 1. The summed E-state index contributed by atoms with van der Waals surface area (Å²) in [6, 6.07) is 8.61. The highest BCUT2D eigenvalue weighted by Crippen LogP contribution is 2.17. The summed E-state index contributed by atoms with van der Waals surface area (Å²) >= 11 is 0. The van der Waals surface area contributed by atoms with Crippen molar-refractivity contribution in [2.75, 3.05) is 19.8 Å². The molecule has 1 saturated heterocycles. The van der Waals surface area contributed by atoms with E-state index >= 15 is 0 Å². The molecule has 1 aromatic carbocycles. The van der Waals surface area contributed by atoms with Gasteiger partial charge in [0.25, 0.3) is 0 Å². The van der Waals surface area contributed by atoms with Crippen LogP contribution >= 0.6 is 0 Å². The van der Waals surface area contributed by atoms with Crippen molar-refractivity contribution in [2.45, 2.75) is 57.5 Å². The normalized spacial score (nSPS) is 20.1. The number of allylic oxidation sites excluding steroid dienone is 1. The molecule has 0 aromatic heterocycles. The number of hydrogen-bond acceptors (Lipinski definition) is 6. The Morgan fingerprint density at radius 2 is 2.11 bits per heavy atom. The van der Waals surface area contributed by atoms with Crippen molar-refractivity contribution in [1.82, 2.24) is 0 Å². The predicted octanol–water partition coefficient (Wildman–Crippen LogP) is 2.83. The Labute approximate surface area is 160 Å². The molecule has 0 radical (unpaired) electrons. The van der Waals surface area contributed by atoms with Gasteiger partial charge in [-0.3, -0.25) is 0 Å². The van der Waals surface area contributed by atoms with Crippen LogP contribution in [0.5, 0.6) is 0 Å². The molecule has 3 atom stereocenters. The average molecular weight is 378 g/mol. The van der Waals surface area contributed by atoms with E-state index in [1.165, 1.54) is 0 Å². The van der Waals surface area contributed by atoms with Crippen LogP contribution in [-0.2, 0) is 14.2 Å². The Hall–Kier alpha value is -1.73. The van der Waals surface area contributed by atoms with Crippen molar-refractivity contribution in [3.63, 3.8) is 0 Å². The summed E-state index contributed by atoms with van der Waals surface area (Å²) in [5, 5.41) is 19.2. The Kier molecular flexibility index (Phi) is 9.48. The van der Waals surface area contributed by atoms with E-state index < -0.39 is 24.8 Å². The van der Waals surface area contributed by atoms with Gasteiger partial charge in [-0.15, -0.1) is 0 Å². The van der Waals surface area contributed by atoms with Crippen molar-refractivity contribution in [2.24, 2.45) is 0 Å². The summed E-state index contributed by atoms with van der Waals surface area (Å²) in [5.41, 5.74) is 1.48. The fourth-order valence-corrected chi connectivity index (χ4v) is 2.84. The smallest absolute Gasteiger partial charge is 0.338 e. The lowest BCUT2D eigenvalue weighted by atomic mass is 10.0. The molecule has 2 rings (SSSR count). The first-order chi connectivity index (χ1) is 13.1. The number of carbonyl (C=O) groups is 1. The first kappa shape index (κ1) is 21.6. The van der Waals surface area contributed by atoms with Gasteiger partial charge >= 0.3 is 5.97 Å². The quantitative estimate of drug-likeness (QED) is 0.481. The zero-order valence-corrected chi connectivity index (χ0v) is 15.9. The molecule has 1 aliphatic rings. The highest BCUT2D eigenvalue weighted by atomic mass is 16.7. The maximum Gasteiger partial charge on any atom is 0.338 e. The molecule has 1 aliphatic heterocycles. The van der Waals surface area contributed by atoms with Crippen molar-refractivity contribution >= 4 is 5.97 Å². The Morgan fingerprint density at radius 1 is 1.33 bits per heavy atom. The minimum absolute atomic E-state index is 0.126. The molecule has 1 aromatic rings. The topological polar surface area (TPSA) is 85.2 Å². The van der Waals surface area contributed by atoms with Crippen molar-refractivity contribution < 1.29 is 29.2 Å². The van der Waals surface area contributed by atoms with Crippen LogP contribution in [0.3, 0.4) is 0 Å². The lowest BCUT2D eigenvalue weighted by molar-refractivity contribution is -0.155. The maximum absolute atomic E-state index is 12.2. The van der Waals surface area contributed by atoms with Gasteiger partial charge in [-0.05, 0) is 51.2 Å². The summed E-state index contributed by atoms with van der Waals surface area (Å²) in [7, 11) is 0. The largest absolute Gasteiger partial charge is 0.456 e. The number of carbonyl (C=O) groups excluding carboxylic acids is 1. The second-order valence-electron chi connectivity index (χ2n) is 6.78. The monoisotopic (exact) mass is 378 g/mol. The van der Waals surface area contributed by atoms with E-state index in [9.17, 15) is 15.0 Å². The van der Waals surface area contributed by atoms with Crippen LogP contribution in [-0.4, -0.2) is 54.5 Å². The maximum atomic E-state index is 12.2. The minimum atomic E-state index is -1.11. The molecule has 27 heavy (non-hydrogen) atoms. The average Bonchev–Trinajstić information content (AvgIpc) is 2.71. The van der Waals surface area contributed by atoms with Gasteiger partial charge in [0.05, 0.1) is 18.8 Å². The van der Waals surface area contributed by atoms with Crippen molar-refractivity contribution in [1.29, 1.82) is 0 Å². The molecule has 1 heterocycles. The molecular weight excluding hydrogens is 348 g/mol. The van der Waals surface area contributed by atoms with Gasteiger partial charge in [0.15, 0.2) is 6.29 Å². The summed E-state index contributed by atoms with van der Waals surface area (Å²) in [5.74, 6) is -0.507. The van der Waals surface area contributed by atoms with Crippen LogP contribution in [0.1, 0.15) is 49.4 Å². The minimum Gasteiger partial charge on any atom is -0.456 e. The zero-order valence-electron chi connectivity index (χ0n) is 15.9. The van der Waals surface area contributed by atoms with Crippen molar-refractivity contribution in [3.05, 3.63) is 47.5 Å². The molecule has 2 N–H and O–H groups in total. The lowest BCUT2D eigenvalue weighted by Crippen LogP contribution is -2.34. The number of rotatable bonds is 10. The van der Waals surface area contributed by atoms with Crippen LogP contribution < -0.4 is 0 Å².